The Balaban J connectivity index is 1.51. The molecule has 4 aromatic carbocycles. The highest BCUT2D eigenvalue weighted by Crippen LogP contribution is 2.57. The van der Waals surface area contributed by atoms with Crippen LogP contribution < -0.4 is 20.7 Å². The average Bonchev–Trinajstić information content (AvgIpc) is 3.27. The SMILES string of the molecule is CCCCN(CCCC)c1ccc2c(c1)Oc1cc(N)c(Nc3ccccc3)cc1C21OC(=O)c2ccccc21. The van der Waals surface area contributed by atoms with E-state index in [2.05, 4.69) is 42.3 Å². The molecule has 0 aliphatic carbocycles. The van der Waals surface area contributed by atoms with Gasteiger partial charge in [0.2, 0.25) is 0 Å². The predicted molar refractivity (Wildman–Crippen MR) is 161 cm³/mol. The van der Waals surface area contributed by atoms with Gasteiger partial charge in [-0.25, -0.2) is 4.79 Å². The molecule has 1 unspecified atom stereocenters. The second-order valence-electron chi connectivity index (χ2n) is 10.5. The van der Waals surface area contributed by atoms with Gasteiger partial charge in [-0.2, -0.15) is 0 Å². The molecule has 204 valence electrons. The highest BCUT2D eigenvalue weighted by molar-refractivity contribution is 5.97. The van der Waals surface area contributed by atoms with Gasteiger partial charge >= 0.3 is 5.97 Å². The van der Waals surface area contributed by atoms with Crippen LogP contribution in [-0.2, 0) is 10.3 Å². The minimum absolute atomic E-state index is 0.347. The zero-order chi connectivity index (χ0) is 27.7. The minimum atomic E-state index is -1.15. The molecule has 0 aromatic heterocycles. The molecule has 1 spiro atoms. The number of nitrogens with one attached hydrogen (secondary N) is 1. The first-order valence-electron chi connectivity index (χ1n) is 14.2. The van der Waals surface area contributed by atoms with E-state index in [0.717, 1.165) is 72.5 Å². The third-order valence-electron chi connectivity index (χ3n) is 7.85. The van der Waals surface area contributed by atoms with E-state index >= 15 is 0 Å². The molecule has 2 aliphatic heterocycles. The first-order valence-corrected chi connectivity index (χ1v) is 14.2. The largest absolute Gasteiger partial charge is 0.456 e. The summed E-state index contributed by atoms with van der Waals surface area (Å²) >= 11 is 0. The van der Waals surface area contributed by atoms with Gasteiger partial charge in [0, 0.05) is 53.3 Å². The zero-order valence-electron chi connectivity index (χ0n) is 23.1. The number of hydrogen-bond acceptors (Lipinski definition) is 6. The molecule has 2 aliphatic rings. The van der Waals surface area contributed by atoms with E-state index in [0.29, 0.717) is 22.7 Å². The Labute approximate surface area is 235 Å². The summed E-state index contributed by atoms with van der Waals surface area (Å²) in [6.07, 6.45) is 4.50. The molecule has 0 saturated heterocycles. The summed E-state index contributed by atoms with van der Waals surface area (Å²) in [5, 5.41) is 3.42. The number of nitrogen functional groups attached to an aromatic ring is 1. The van der Waals surface area contributed by atoms with E-state index in [-0.39, 0.29) is 5.97 Å². The number of nitrogens with two attached hydrogens (primary N) is 1. The van der Waals surface area contributed by atoms with E-state index in [4.69, 9.17) is 15.2 Å². The number of rotatable bonds is 9. The molecule has 0 amide bonds. The maximum absolute atomic E-state index is 13.3. The van der Waals surface area contributed by atoms with E-state index in [1.165, 1.54) is 0 Å². The van der Waals surface area contributed by atoms with Crippen LogP contribution in [0, 0.1) is 0 Å². The number of carbonyl (C=O) groups is 1. The lowest BCUT2D eigenvalue weighted by molar-refractivity contribution is 0.0224. The van der Waals surface area contributed by atoms with Gasteiger partial charge in [-0.05, 0) is 49.2 Å². The number of benzene rings is 4. The van der Waals surface area contributed by atoms with Crippen LogP contribution in [0.4, 0.5) is 22.7 Å². The first kappa shape index (κ1) is 25.8. The fourth-order valence-electron chi connectivity index (χ4n) is 5.77. The van der Waals surface area contributed by atoms with Crippen molar-refractivity contribution >= 4 is 28.7 Å². The Morgan fingerprint density at radius 1 is 0.800 bits per heavy atom. The van der Waals surface area contributed by atoms with Crippen molar-refractivity contribution < 1.29 is 14.3 Å². The van der Waals surface area contributed by atoms with Crippen LogP contribution in [0.25, 0.3) is 0 Å². The molecule has 0 radical (unpaired) electrons. The number of esters is 1. The molecule has 6 heteroatoms. The van der Waals surface area contributed by atoms with Crippen molar-refractivity contribution in [2.75, 3.05) is 29.0 Å². The highest BCUT2D eigenvalue weighted by atomic mass is 16.6. The normalized spacial score (nSPS) is 16.5. The lowest BCUT2D eigenvalue weighted by Gasteiger charge is -2.38. The second kappa shape index (κ2) is 10.6. The maximum Gasteiger partial charge on any atom is 0.340 e. The Morgan fingerprint density at radius 2 is 1.50 bits per heavy atom. The van der Waals surface area contributed by atoms with Crippen LogP contribution in [0.2, 0.25) is 0 Å². The van der Waals surface area contributed by atoms with Gasteiger partial charge in [0.15, 0.2) is 5.60 Å². The van der Waals surface area contributed by atoms with Crippen LogP contribution in [-0.4, -0.2) is 19.1 Å². The van der Waals surface area contributed by atoms with E-state index in [9.17, 15) is 4.79 Å². The Hall–Kier alpha value is -4.45. The lowest BCUT2D eigenvalue weighted by atomic mass is 9.77. The van der Waals surface area contributed by atoms with Crippen LogP contribution in [0.3, 0.4) is 0 Å². The van der Waals surface area contributed by atoms with E-state index in [1.807, 2.05) is 66.7 Å². The fourth-order valence-corrected chi connectivity index (χ4v) is 5.77. The average molecular weight is 534 g/mol. The highest BCUT2D eigenvalue weighted by Gasteiger charge is 2.53. The van der Waals surface area contributed by atoms with E-state index in [1.54, 1.807) is 0 Å². The Bertz CT molecular complexity index is 1540. The number of hydrogen-bond donors (Lipinski definition) is 2. The summed E-state index contributed by atoms with van der Waals surface area (Å²) in [7, 11) is 0. The predicted octanol–water partition coefficient (Wildman–Crippen LogP) is 7.99. The Kier molecular flexibility index (Phi) is 6.84. The molecule has 6 rings (SSSR count). The number of para-hydroxylation sites is 1. The smallest absolute Gasteiger partial charge is 0.340 e. The summed E-state index contributed by atoms with van der Waals surface area (Å²) in [6.45, 7) is 6.39. The quantitative estimate of drug-likeness (QED) is 0.168. The summed E-state index contributed by atoms with van der Waals surface area (Å²) in [6, 6.07) is 27.6. The topological polar surface area (TPSA) is 76.8 Å². The van der Waals surface area contributed by atoms with Gasteiger partial charge in [0.1, 0.15) is 11.5 Å². The number of unbranched alkanes of at least 4 members (excludes halogenated alkanes) is 2. The van der Waals surface area contributed by atoms with Gasteiger partial charge in [-0.1, -0.05) is 63.1 Å². The van der Waals surface area contributed by atoms with Crippen LogP contribution in [0.15, 0.2) is 84.9 Å². The second-order valence-corrected chi connectivity index (χ2v) is 10.5. The van der Waals surface area contributed by atoms with Crippen molar-refractivity contribution in [2.45, 2.75) is 45.1 Å². The Morgan fingerprint density at radius 3 is 2.25 bits per heavy atom. The molecule has 0 bridgehead atoms. The van der Waals surface area contributed by atoms with Crippen molar-refractivity contribution in [1.29, 1.82) is 0 Å². The third kappa shape index (κ3) is 4.34. The fraction of sp³-hybridized carbons (Fsp3) is 0.265. The van der Waals surface area contributed by atoms with E-state index < -0.39 is 5.60 Å². The first-order chi connectivity index (χ1) is 19.5. The van der Waals surface area contributed by atoms with Crippen molar-refractivity contribution in [3.63, 3.8) is 0 Å². The number of anilines is 4. The van der Waals surface area contributed by atoms with Crippen molar-refractivity contribution in [2.24, 2.45) is 0 Å². The van der Waals surface area contributed by atoms with Gasteiger partial charge in [-0.3, -0.25) is 0 Å². The van der Waals surface area contributed by atoms with Crippen LogP contribution >= 0.6 is 0 Å². The standard InChI is InChI=1S/C34H35N3O3/c1-3-5-18-37(19-6-4-2)24-16-17-27-31(20-24)39-32-22-29(35)30(36-23-12-8-7-9-13-23)21-28(32)34(27)26-15-11-10-14-25(26)33(38)40-34/h7-17,20-22,36H,3-6,18-19,35H2,1-2H3. The van der Waals surface area contributed by atoms with Crippen LogP contribution in [0.5, 0.6) is 11.5 Å². The number of nitrogens with zero attached hydrogens (tertiary/aromatic N) is 1. The van der Waals surface area contributed by atoms with Crippen molar-refractivity contribution in [1.82, 2.24) is 0 Å². The monoisotopic (exact) mass is 533 g/mol. The van der Waals surface area contributed by atoms with Crippen molar-refractivity contribution in [3.05, 3.63) is 107 Å². The third-order valence-corrected chi connectivity index (χ3v) is 7.85. The molecule has 0 fully saturated rings. The molecule has 0 saturated carbocycles. The molecule has 6 nitrogen and oxygen atoms in total. The molecule has 40 heavy (non-hydrogen) atoms. The molecule has 2 heterocycles. The van der Waals surface area contributed by atoms with Crippen molar-refractivity contribution in [3.8, 4) is 11.5 Å². The molecule has 1 atom stereocenters. The number of ether oxygens (including phenoxy) is 2. The number of fused-ring (bicyclic) bond motifs is 6. The molecule has 3 N–H and O–H groups in total. The maximum atomic E-state index is 13.3. The summed E-state index contributed by atoms with van der Waals surface area (Å²) in [5.41, 5.74) is 11.6. The lowest BCUT2D eigenvalue weighted by Crippen LogP contribution is -2.33. The summed E-state index contributed by atoms with van der Waals surface area (Å²) in [4.78, 5) is 15.7. The van der Waals surface area contributed by atoms with Gasteiger partial charge in [0.25, 0.3) is 0 Å². The molecular weight excluding hydrogens is 498 g/mol. The molecule has 4 aromatic rings. The van der Waals surface area contributed by atoms with Crippen LogP contribution in [0.1, 0.15) is 66.6 Å². The van der Waals surface area contributed by atoms with Gasteiger partial charge in [-0.15, -0.1) is 0 Å². The van der Waals surface area contributed by atoms with Gasteiger partial charge in [0.05, 0.1) is 16.9 Å². The zero-order valence-corrected chi connectivity index (χ0v) is 23.1. The number of carbonyl (C=O) groups excluding carboxylic acids is 1. The van der Waals surface area contributed by atoms with Gasteiger partial charge < -0.3 is 25.4 Å². The molecular formula is C34H35N3O3. The minimum Gasteiger partial charge on any atom is -0.456 e. The summed E-state index contributed by atoms with van der Waals surface area (Å²) < 4.78 is 13.0. The summed E-state index contributed by atoms with van der Waals surface area (Å²) in [5.74, 6) is 0.912.